The molecule has 0 spiro atoms. The van der Waals surface area contributed by atoms with Gasteiger partial charge in [-0.05, 0) is 48.3 Å². The van der Waals surface area contributed by atoms with Gasteiger partial charge in [0.2, 0.25) is 0 Å². The summed E-state index contributed by atoms with van der Waals surface area (Å²) in [5.41, 5.74) is 0.749. The van der Waals surface area contributed by atoms with Crippen molar-refractivity contribution < 1.29 is 0 Å². The van der Waals surface area contributed by atoms with Crippen LogP contribution in [0.3, 0.4) is 0 Å². The van der Waals surface area contributed by atoms with E-state index in [9.17, 15) is 0 Å². The molecule has 3 aliphatic rings. The zero-order chi connectivity index (χ0) is 8.51. The van der Waals surface area contributed by atoms with Gasteiger partial charge < -0.3 is 0 Å². The third kappa shape index (κ3) is 0.714. The predicted molar refractivity (Wildman–Crippen MR) is 59.4 cm³/mol. The second-order valence-electron chi connectivity index (χ2n) is 5.55. The van der Waals surface area contributed by atoms with Gasteiger partial charge in [-0.2, -0.15) is 0 Å². The molecule has 3 fully saturated rings. The van der Waals surface area contributed by atoms with E-state index in [1.807, 2.05) is 0 Å². The van der Waals surface area contributed by atoms with E-state index in [2.05, 4.69) is 36.4 Å². The van der Waals surface area contributed by atoms with Crippen LogP contribution in [0.1, 0.15) is 33.1 Å². The molecule has 3 aliphatic carbocycles. The average molecular weight is 276 g/mol. The van der Waals surface area contributed by atoms with Crippen LogP contribution in [0.5, 0.6) is 0 Å². The summed E-state index contributed by atoms with van der Waals surface area (Å²) < 4.78 is 1.02. The zero-order valence-corrected chi connectivity index (χ0v) is 10.0. The van der Waals surface area contributed by atoms with Crippen molar-refractivity contribution in [2.24, 2.45) is 29.1 Å². The molecule has 3 saturated carbocycles. The number of hydrogen-bond donors (Lipinski definition) is 0. The van der Waals surface area contributed by atoms with Gasteiger partial charge in [-0.25, -0.2) is 0 Å². The van der Waals surface area contributed by atoms with Gasteiger partial charge in [0.25, 0.3) is 0 Å². The molecule has 0 unspecified atom stereocenters. The Morgan fingerprint density at radius 2 is 2.08 bits per heavy atom. The minimum absolute atomic E-state index is 0.749. The van der Waals surface area contributed by atoms with Crippen LogP contribution in [0.2, 0.25) is 0 Å². The lowest BCUT2D eigenvalue weighted by atomic mass is 9.68. The molecule has 0 N–H and O–H groups in total. The van der Waals surface area contributed by atoms with Crippen LogP contribution in [0.15, 0.2) is 0 Å². The number of hydrogen-bond acceptors (Lipinski definition) is 0. The predicted octanol–water partition coefficient (Wildman–Crippen LogP) is 3.49. The number of rotatable bonds is 0. The van der Waals surface area contributed by atoms with E-state index >= 15 is 0 Å². The third-order valence-corrected chi connectivity index (χ3v) is 6.48. The van der Waals surface area contributed by atoms with Crippen molar-refractivity contribution in [3.05, 3.63) is 0 Å². The van der Waals surface area contributed by atoms with Gasteiger partial charge in [0, 0.05) is 3.92 Å². The lowest BCUT2D eigenvalue weighted by Gasteiger charge is -2.39. The van der Waals surface area contributed by atoms with Gasteiger partial charge in [-0.15, -0.1) is 0 Å². The molecule has 0 aromatic rings. The molecule has 0 amide bonds. The zero-order valence-electron chi connectivity index (χ0n) is 7.89. The van der Waals surface area contributed by atoms with E-state index in [4.69, 9.17) is 0 Å². The van der Waals surface area contributed by atoms with E-state index in [1.165, 1.54) is 6.42 Å². The van der Waals surface area contributed by atoms with Crippen LogP contribution in [-0.4, -0.2) is 3.92 Å². The molecule has 0 aliphatic heterocycles. The minimum atomic E-state index is 0.749. The summed E-state index contributed by atoms with van der Waals surface area (Å²) >= 11 is 2.71. The second-order valence-corrected chi connectivity index (χ2v) is 7.15. The van der Waals surface area contributed by atoms with Gasteiger partial charge in [0.05, 0.1) is 0 Å². The molecule has 4 bridgehead atoms. The van der Waals surface area contributed by atoms with Crippen molar-refractivity contribution in [2.75, 3.05) is 0 Å². The van der Waals surface area contributed by atoms with Crippen LogP contribution < -0.4 is 0 Å². The van der Waals surface area contributed by atoms with Gasteiger partial charge in [-0.1, -0.05) is 36.4 Å². The number of halogens is 1. The molecule has 0 saturated heterocycles. The molecular formula is C11H17I. The van der Waals surface area contributed by atoms with Crippen molar-refractivity contribution in [1.29, 1.82) is 0 Å². The topological polar surface area (TPSA) is 0 Å². The summed E-state index contributed by atoms with van der Waals surface area (Å²) in [4.78, 5) is 0. The Labute approximate surface area is 88.6 Å². The van der Waals surface area contributed by atoms with Crippen LogP contribution in [0, 0.1) is 29.1 Å². The summed E-state index contributed by atoms with van der Waals surface area (Å²) in [6.45, 7) is 5.05. The molecule has 6 atom stereocenters. The molecule has 68 valence electrons. The highest BCUT2D eigenvalue weighted by Gasteiger charge is 2.64. The largest absolute Gasteiger partial charge is 0.0823 e. The van der Waals surface area contributed by atoms with Crippen LogP contribution in [0.25, 0.3) is 0 Å². The molecule has 1 heteroatoms. The van der Waals surface area contributed by atoms with Gasteiger partial charge in [0.1, 0.15) is 0 Å². The summed E-state index contributed by atoms with van der Waals surface area (Å²) in [5.74, 6) is 4.37. The van der Waals surface area contributed by atoms with Crippen molar-refractivity contribution in [3.8, 4) is 0 Å². The molecule has 0 radical (unpaired) electrons. The van der Waals surface area contributed by atoms with Gasteiger partial charge >= 0.3 is 0 Å². The second kappa shape index (κ2) is 2.21. The molecule has 3 rings (SSSR count). The highest BCUT2D eigenvalue weighted by molar-refractivity contribution is 14.1. The first kappa shape index (κ1) is 8.07. The average Bonchev–Trinajstić information content (AvgIpc) is 2.47. The molecule has 0 heterocycles. The Balaban J connectivity index is 2.03. The lowest BCUT2D eigenvalue weighted by Crippen LogP contribution is -2.33. The molecular weight excluding hydrogens is 259 g/mol. The molecule has 0 aromatic carbocycles. The summed E-state index contributed by atoms with van der Waals surface area (Å²) in [6, 6.07) is 0. The summed E-state index contributed by atoms with van der Waals surface area (Å²) in [6.07, 6.45) is 4.65. The highest BCUT2D eigenvalue weighted by Crippen LogP contribution is 2.71. The third-order valence-electron chi connectivity index (χ3n) is 5.20. The van der Waals surface area contributed by atoms with Crippen molar-refractivity contribution in [1.82, 2.24) is 0 Å². The lowest BCUT2D eigenvalue weighted by molar-refractivity contribution is 0.134. The Bertz CT molecular complexity index is 225. The SMILES string of the molecule is C[C@H]1C[C@H]2[C@@H]3C[C@H](I)[C@H]2[C@@]1(C)C3. The fourth-order valence-electron chi connectivity index (χ4n) is 4.56. The van der Waals surface area contributed by atoms with E-state index in [0.29, 0.717) is 0 Å². The van der Waals surface area contributed by atoms with Crippen LogP contribution >= 0.6 is 22.6 Å². The summed E-state index contributed by atoms with van der Waals surface area (Å²) in [5, 5.41) is 0. The first-order valence-electron chi connectivity index (χ1n) is 5.27. The standard InChI is InChI=1S/C11H17I/c1-6-3-8-7-4-9(12)10(8)11(6,2)5-7/h6-10H,3-5H2,1-2H3/t6-,7+,8-,9-,10-,11-/m0/s1. The van der Waals surface area contributed by atoms with E-state index < -0.39 is 0 Å². The fraction of sp³-hybridized carbons (Fsp3) is 1.00. The van der Waals surface area contributed by atoms with E-state index in [1.54, 1.807) is 12.8 Å². The Kier molecular flexibility index (Phi) is 1.49. The molecule has 0 nitrogen and oxygen atoms in total. The van der Waals surface area contributed by atoms with Gasteiger partial charge in [-0.3, -0.25) is 0 Å². The summed E-state index contributed by atoms with van der Waals surface area (Å²) in [7, 11) is 0. The monoisotopic (exact) mass is 276 g/mol. The normalized spacial score (nSPS) is 67.8. The maximum Gasteiger partial charge on any atom is 0.0149 e. The van der Waals surface area contributed by atoms with E-state index in [-0.39, 0.29) is 0 Å². The van der Waals surface area contributed by atoms with E-state index in [0.717, 1.165) is 33.0 Å². The smallest absolute Gasteiger partial charge is 0.0149 e. The van der Waals surface area contributed by atoms with Crippen LogP contribution in [-0.2, 0) is 0 Å². The Morgan fingerprint density at radius 1 is 1.33 bits per heavy atom. The Hall–Kier alpha value is 0.730. The maximum atomic E-state index is 2.71. The van der Waals surface area contributed by atoms with Gasteiger partial charge in [0.15, 0.2) is 0 Å². The molecule has 12 heavy (non-hydrogen) atoms. The minimum Gasteiger partial charge on any atom is -0.0823 e. The number of alkyl halides is 1. The highest BCUT2D eigenvalue weighted by atomic mass is 127. The van der Waals surface area contributed by atoms with Crippen molar-refractivity contribution in [3.63, 3.8) is 0 Å². The fourth-order valence-corrected chi connectivity index (χ4v) is 6.56. The first-order valence-corrected chi connectivity index (χ1v) is 6.51. The quantitative estimate of drug-likeness (QED) is 0.469. The maximum absolute atomic E-state index is 2.71. The first-order chi connectivity index (χ1) is 5.63. The molecule has 0 aromatic heterocycles. The van der Waals surface area contributed by atoms with Crippen molar-refractivity contribution >= 4 is 22.6 Å². The van der Waals surface area contributed by atoms with Crippen LogP contribution in [0.4, 0.5) is 0 Å². The van der Waals surface area contributed by atoms with Crippen molar-refractivity contribution in [2.45, 2.75) is 37.0 Å². The Morgan fingerprint density at radius 3 is 2.67 bits per heavy atom.